The molecule has 24 heavy (non-hydrogen) atoms. The number of quaternary nitrogens is 1. The van der Waals surface area contributed by atoms with Crippen molar-refractivity contribution in [1.82, 2.24) is 4.31 Å². The predicted molar refractivity (Wildman–Crippen MR) is 93.8 cm³/mol. The molecule has 3 rings (SSSR count). The molecular formula is C18H27N2O3S+. The lowest BCUT2D eigenvalue weighted by Crippen LogP contribution is -3.15. The molecule has 1 aromatic rings. The van der Waals surface area contributed by atoms with Gasteiger partial charge in [-0.25, -0.2) is 8.42 Å². The molecule has 1 fully saturated rings. The Balaban J connectivity index is 1.57. The van der Waals surface area contributed by atoms with Crippen LogP contribution in [-0.4, -0.2) is 52.6 Å². The molecule has 1 aromatic carbocycles. The van der Waals surface area contributed by atoms with Gasteiger partial charge in [-0.1, -0.05) is 12.2 Å². The van der Waals surface area contributed by atoms with E-state index in [4.69, 9.17) is 4.74 Å². The quantitative estimate of drug-likeness (QED) is 0.804. The van der Waals surface area contributed by atoms with Gasteiger partial charge >= 0.3 is 0 Å². The van der Waals surface area contributed by atoms with E-state index in [-0.39, 0.29) is 0 Å². The standard InChI is InChI=1S/C18H26N2O3S/c1-23-17-7-9-18(10-8-17)24(21,22)20-13-11-19(12-14-20)15-16-5-3-2-4-6-16/h2-3,7-10,16H,4-6,11-15H2,1H3/p+1. The Bertz CT molecular complexity index is 662. The fourth-order valence-electron chi connectivity index (χ4n) is 3.59. The number of nitrogens with one attached hydrogen (secondary N) is 1. The van der Waals surface area contributed by atoms with Crippen molar-refractivity contribution in [3.63, 3.8) is 0 Å². The van der Waals surface area contributed by atoms with Gasteiger partial charge in [0.1, 0.15) is 5.75 Å². The van der Waals surface area contributed by atoms with Crippen LogP contribution in [0.3, 0.4) is 0 Å². The Morgan fingerprint density at radius 1 is 1.17 bits per heavy atom. The molecule has 1 unspecified atom stereocenters. The van der Waals surface area contributed by atoms with Crippen LogP contribution in [0.4, 0.5) is 0 Å². The van der Waals surface area contributed by atoms with E-state index in [1.807, 2.05) is 0 Å². The monoisotopic (exact) mass is 351 g/mol. The highest BCUT2D eigenvalue weighted by Crippen LogP contribution is 2.20. The molecule has 1 N–H and O–H groups in total. The first-order valence-electron chi connectivity index (χ1n) is 8.72. The van der Waals surface area contributed by atoms with Crippen LogP contribution in [0.5, 0.6) is 5.75 Å². The van der Waals surface area contributed by atoms with Crippen LogP contribution in [0.15, 0.2) is 41.3 Å². The van der Waals surface area contributed by atoms with Gasteiger partial charge < -0.3 is 9.64 Å². The summed E-state index contributed by atoms with van der Waals surface area (Å²) >= 11 is 0. The van der Waals surface area contributed by atoms with Crippen molar-refractivity contribution in [1.29, 1.82) is 0 Å². The maximum atomic E-state index is 12.8. The van der Waals surface area contributed by atoms with Crippen LogP contribution in [0.2, 0.25) is 0 Å². The lowest BCUT2D eigenvalue weighted by molar-refractivity contribution is -0.907. The van der Waals surface area contributed by atoms with Crippen molar-refractivity contribution in [2.75, 3.05) is 39.8 Å². The van der Waals surface area contributed by atoms with Crippen molar-refractivity contribution in [3.8, 4) is 5.75 Å². The van der Waals surface area contributed by atoms with Gasteiger partial charge in [0, 0.05) is 5.92 Å². The van der Waals surface area contributed by atoms with E-state index in [2.05, 4.69) is 12.2 Å². The Morgan fingerprint density at radius 3 is 2.46 bits per heavy atom. The van der Waals surface area contributed by atoms with Gasteiger partial charge in [-0.05, 0) is 43.5 Å². The summed E-state index contributed by atoms with van der Waals surface area (Å²) in [6.45, 7) is 4.17. The average Bonchev–Trinajstić information content (AvgIpc) is 2.63. The largest absolute Gasteiger partial charge is 0.497 e. The molecule has 5 nitrogen and oxygen atoms in total. The van der Waals surface area contributed by atoms with Gasteiger partial charge in [-0.15, -0.1) is 0 Å². The van der Waals surface area contributed by atoms with Crippen molar-refractivity contribution in [3.05, 3.63) is 36.4 Å². The van der Waals surface area contributed by atoms with Gasteiger partial charge in [0.25, 0.3) is 0 Å². The molecule has 0 saturated carbocycles. The van der Waals surface area contributed by atoms with Crippen LogP contribution in [0, 0.1) is 5.92 Å². The summed E-state index contributed by atoms with van der Waals surface area (Å²) in [5, 5.41) is 0. The Labute approximate surface area is 145 Å². The SMILES string of the molecule is COc1ccc(S(=O)(=O)N2CC[NH+](CC3CC=CCC3)CC2)cc1. The average molecular weight is 351 g/mol. The molecule has 132 valence electrons. The Morgan fingerprint density at radius 2 is 1.88 bits per heavy atom. The second kappa shape index (κ2) is 7.68. The molecule has 0 radical (unpaired) electrons. The van der Waals surface area contributed by atoms with Gasteiger partial charge in [0.05, 0.1) is 44.7 Å². The molecule has 0 amide bonds. The highest BCUT2D eigenvalue weighted by atomic mass is 32.2. The number of hydrogen-bond donors (Lipinski definition) is 1. The number of sulfonamides is 1. The predicted octanol–water partition coefficient (Wildman–Crippen LogP) is 0.941. The topological polar surface area (TPSA) is 51.1 Å². The zero-order valence-corrected chi connectivity index (χ0v) is 15.1. The maximum Gasteiger partial charge on any atom is 0.243 e. The number of allylic oxidation sites excluding steroid dienone is 2. The number of piperazine rings is 1. The number of rotatable bonds is 5. The third-order valence-electron chi connectivity index (χ3n) is 5.08. The molecule has 1 heterocycles. The zero-order chi connectivity index (χ0) is 17.0. The summed E-state index contributed by atoms with van der Waals surface area (Å²) in [7, 11) is -1.81. The summed E-state index contributed by atoms with van der Waals surface area (Å²) in [6, 6.07) is 6.65. The molecule has 0 spiro atoms. The molecular weight excluding hydrogens is 324 g/mol. The van der Waals surface area contributed by atoms with E-state index in [1.54, 1.807) is 35.7 Å². The second-order valence-corrected chi connectivity index (χ2v) is 8.62. The lowest BCUT2D eigenvalue weighted by atomic mass is 9.94. The third kappa shape index (κ3) is 3.99. The van der Waals surface area contributed by atoms with Crippen LogP contribution in [0.1, 0.15) is 19.3 Å². The van der Waals surface area contributed by atoms with E-state index in [0.717, 1.165) is 19.0 Å². The molecule has 1 aliphatic carbocycles. The Hall–Kier alpha value is -1.37. The highest BCUT2D eigenvalue weighted by Gasteiger charge is 2.31. The van der Waals surface area contributed by atoms with Crippen LogP contribution >= 0.6 is 0 Å². The molecule has 1 saturated heterocycles. The van der Waals surface area contributed by atoms with Gasteiger partial charge in [-0.2, -0.15) is 4.31 Å². The zero-order valence-electron chi connectivity index (χ0n) is 14.3. The number of nitrogens with zero attached hydrogens (tertiary/aromatic N) is 1. The van der Waals surface area contributed by atoms with Crippen LogP contribution < -0.4 is 9.64 Å². The van der Waals surface area contributed by atoms with Gasteiger partial charge in [0.15, 0.2) is 0 Å². The summed E-state index contributed by atoms with van der Waals surface area (Å²) in [5.74, 6) is 1.43. The number of ether oxygens (including phenoxy) is 1. The molecule has 0 bridgehead atoms. The summed E-state index contributed by atoms with van der Waals surface area (Å²) in [5.41, 5.74) is 0. The molecule has 6 heteroatoms. The second-order valence-electron chi connectivity index (χ2n) is 6.68. The van der Waals surface area contributed by atoms with E-state index >= 15 is 0 Å². The van der Waals surface area contributed by atoms with E-state index in [0.29, 0.717) is 23.7 Å². The third-order valence-corrected chi connectivity index (χ3v) is 6.99. The van der Waals surface area contributed by atoms with Crippen molar-refractivity contribution in [2.45, 2.75) is 24.2 Å². The smallest absolute Gasteiger partial charge is 0.243 e. The summed E-state index contributed by atoms with van der Waals surface area (Å²) < 4.78 is 32.2. The van der Waals surface area contributed by atoms with Gasteiger partial charge in [0.2, 0.25) is 10.0 Å². The van der Waals surface area contributed by atoms with Crippen molar-refractivity contribution in [2.24, 2.45) is 5.92 Å². The summed E-state index contributed by atoms with van der Waals surface area (Å²) in [4.78, 5) is 1.89. The molecule has 1 aliphatic heterocycles. The lowest BCUT2D eigenvalue weighted by Gasteiger charge is -2.33. The number of methoxy groups -OCH3 is 1. The number of benzene rings is 1. The fourth-order valence-corrected chi connectivity index (χ4v) is 5.04. The normalized spacial score (nSPS) is 23.3. The Kier molecular flexibility index (Phi) is 5.58. The van der Waals surface area contributed by atoms with E-state index in [9.17, 15) is 8.42 Å². The summed E-state index contributed by atoms with van der Waals surface area (Å²) in [6.07, 6.45) is 8.20. The first kappa shape index (κ1) is 17.5. The van der Waals surface area contributed by atoms with Crippen LogP contribution in [0.25, 0.3) is 0 Å². The van der Waals surface area contributed by atoms with E-state index < -0.39 is 10.0 Å². The number of hydrogen-bond acceptors (Lipinski definition) is 3. The first-order valence-corrected chi connectivity index (χ1v) is 10.2. The molecule has 0 aromatic heterocycles. The van der Waals surface area contributed by atoms with Gasteiger partial charge in [-0.3, -0.25) is 0 Å². The van der Waals surface area contributed by atoms with Crippen molar-refractivity contribution < 1.29 is 18.1 Å². The van der Waals surface area contributed by atoms with E-state index in [1.165, 1.54) is 30.7 Å². The fraction of sp³-hybridized carbons (Fsp3) is 0.556. The minimum Gasteiger partial charge on any atom is -0.497 e. The first-order chi connectivity index (χ1) is 11.6. The molecule has 2 aliphatic rings. The molecule has 1 atom stereocenters. The minimum absolute atomic E-state index is 0.351. The maximum absolute atomic E-state index is 12.8. The van der Waals surface area contributed by atoms with Crippen molar-refractivity contribution >= 4 is 10.0 Å². The minimum atomic E-state index is -3.39. The van der Waals surface area contributed by atoms with Crippen LogP contribution in [-0.2, 0) is 10.0 Å². The highest BCUT2D eigenvalue weighted by molar-refractivity contribution is 7.89.